The van der Waals surface area contributed by atoms with E-state index < -0.39 is 10.1 Å². The molecule has 168 valence electrons. The Balaban J connectivity index is 1.80. The summed E-state index contributed by atoms with van der Waals surface area (Å²) in [5.74, 6) is -0.290. The van der Waals surface area contributed by atoms with Crippen molar-refractivity contribution in [2.75, 3.05) is 23.7 Å². The van der Waals surface area contributed by atoms with Crippen molar-refractivity contribution in [1.29, 1.82) is 0 Å². The number of rotatable bonds is 12. The molecule has 3 rings (SSSR count). The molecule has 3 aromatic rings. The van der Waals surface area contributed by atoms with E-state index in [2.05, 4.69) is 65.9 Å². The molecule has 2 aromatic carbocycles. The lowest BCUT2D eigenvalue weighted by Gasteiger charge is -2.25. The third kappa shape index (κ3) is 6.65. The minimum absolute atomic E-state index is 0.290. The smallest absolute Gasteiger partial charge is 0.176 e. The zero-order valence-corrected chi connectivity index (χ0v) is 19.5. The number of hydrogen-bond donors (Lipinski definition) is 0. The summed E-state index contributed by atoms with van der Waals surface area (Å²) in [6.45, 7) is 7.38. The number of unbranched alkanes of at least 4 members (excludes halogenated alkanes) is 3. The second-order valence-electron chi connectivity index (χ2n) is 8.32. The van der Waals surface area contributed by atoms with E-state index in [0.717, 1.165) is 18.5 Å². The van der Waals surface area contributed by atoms with Crippen LogP contribution >= 0.6 is 0 Å². The normalized spacial score (nSPS) is 12.0. The topological polar surface area (TPSA) is 64.3 Å². The van der Waals surface area contributed by atoms with E-state index >= 15 is 0 Å². The molecule has 0 bridgehead atoms. The predicted octanol–water partition coefficient (Wildman–Crippen LogP) is 5.01. The Morgan fingerprint density at radius 3 is 2.23 bits per heavy atom. The summed E-state index contributed by atoms with van der Waals surface area (Å²) in [4.78, 5) is 2.51. The Morgan fingerprint density at radius 1 is 0.871 bits per heavy atom. The van der Waals surface area contributed by atoms with Gasteiger partial charge in [-0.05, 0) is 48.2 Å². The largest absolute Gasteiger partial charge is 0.748 e. The lowest BCUT2D eigenvalue weighted by atomic mass is 10.0. The van der Waals surface area contributed by atoms with Crippen molar-refractivity contribution in [2.24, 2.45) is 0 Å². The van der Waals surface area contributed by atoms with Crippen molar-refractivity contribution >= 4 is 37.4 Å². The molecule has 31 heavy (non-hydrogen) atoms. The number of pyridine rings is 1. The summed E-state index contributed by atoms with van der Waals surface area (Å²) in [6, 6.07) is 13.3. The molecular weight excluding hydrogens is 408 g/mol. The first-order valence-corrected chi connectivity index (χ1v) is 13.0. The summed E-state index contributed by atoms with van der Waals surface area (Å²) >= 11 is 0. The number of benzene rings is 2. The second-order valence-corrected chi connectivity index (χ2v) is 9.84. The van der Waals surface area contributed by atoms with Gasteiger partial charge in [0.2, 0.25) is 0 Å². The highest BCUT2D eigenvalue weighted by Crippen LogP contribution is 2.28. The number of fused-ring (bicyclic) bond motifs is 3. The van der Waals surface area contributed by atoms with E-state index in [1.807, 2.05) is 6.20 Å². The molecule has 0 atom stereocenters. The highest BCUT2D eigenvalue weighted by molar-refractivity contribution is 7.85. The lowest BCUT2D eigenvalue weighted by molar-refractivity contribution is -0.696. The minimum Gasteiger partial charge on any atom is -0.748 e. The molecule has 0 aliphatic heterocycles. The fourth-order valence-corrected chi connectivity index (χ4v) is 4.58. The second kappa shape index (κ2) is 10.9. The molecule has 5 nitrogen and oxygen atoms in total. The van der Waals surface area contributed by atoms with Gasteiger partial charge in [0, 0.05) is 47.8 Å². The van der Waals surface area contributed by atoms with Crippen LogP contribution in [-0.2, 0) is 16.7 Å². The lowest BCUT2D eigenvalue weighted by Crippen LogP contribution is -2.32. The number of nitrogens with zero attached hydrogens (tertiary/aromatic N) is 2. The van der Waals surface area contributed by atoms with Gasteiger partial charge in [-0.25, -0.2) is 13.0 Å². The van der Waals surface area contributed by atoms with Crippen LogP contribution in [0.15, 0.2) is 48.8 Å². The highest BCUT2D eigenvalue weighted by Gasteiger charge is 2.10. The van der Waals surface area contributed by atoms with Gasteiger partial charge in [-0.3, -0.25) is 0 Å². The molecule has 0 spiro atoms. The van der Waals surface area contributed by atoms with Crippen LogP contribution in [0.5, 0.6) is 0 Å². The molecule has 1 heterocycles. The van der Waals surface area contributed by atoms with E-state index in [9.17, 15) is 13.0 Å². The van der Waals surface area contributed by atoms with E-state index in [1.165, 1.54) is 47.5 Å². The van der Waals surface area contributed by atoms with Crippen molar-refractivity contribution in [3.05, 3.63) is 48.8 Å². The van der Waals surface area contributed by atoms with Crippen LogP contribution in [0.4, 0.5) is 5.69 Å². The SMILES string of the molecule is CCCCN(CCCC)c1ccc2c(ccc3c[n+](CCCCS(=O)(=O)[O-])ccc32)c1. The quantitative estimate of drug-likeness (QED) is 0.171. The van der Waals surface area contributed by atoms with Gasteiger partial charge in [0.25, 0.3) is 0 Å². The first kappa shape index (κ1) is 23.5. The molecule has 0 fully saturated rings. The molecular formula is C25H34N2O3S. The van der Waals surface area contributed by atoms with Crippen molar-refractivity contribution in [3.63, 3.8) is 0 Å². The Morgan fingerprint density at radius 2 is 1.55 bits per heavy atom. The van der Waals surface area contributed by atoms with E-state index in [4.69, 9.17) is 0 Å². The third-order valence-corrected chi connectivity index (χ3v) is 6.59. The van der Waals surface area contributed by atoms with Gasteiger partial charge in [0.05, 0.1) is 10.1 Å². The summed E-state index contributed by atoms with van der Waals surface area (Å²) in [7, 11) is -4.12. The van der Waals surface area contributed by atoms with Gasteiger partial charge in [-0.2, -0.15) is 0 Å². The maximum absolute atomic E-state index is 10.7. The van der Waals surface area contributed by atoms with Crippen molar-refractivity contribution in [3.8, 4) is 0 Å². The van der Waals surface area contributed by atoms with Crippen molar-refractivity contribution in [1.82, 2.24) is 0 Å². The summed E-state index contributed by atoms with van der Waals surface area (Å²) in [5.41, 5.74) is 1.30. The van der Waals surface area contributed by atoms with Crippen molar-refractivity contribution in [2.45, 2.75) is 58.9 Å². The molecule has 0 amide bonds. The Hall–Kier alpha value is -2.18. The van der Waals surface area contributed by atoms with Crippen LogP contribution in [0.25, 0.3) is 21.5 Å². The van der Waals surface area contributed by atoms with Crippen LogP contribution in [0, 0.1) is 0 Å². The fourth-order valence-electron chi connectivity index (χ4n) is 4.03. The zero-order chi connectivity index (χ0) is 22.3. The maximum Gasteiger partial charge on any atom is 0.176 e. The van der Waals surface area contributed by atoms with Gasteiger partial charge in [0.1, 0.15) is 6.54 Å². The Bertz CT molecular complexity index is 1100. The molecule has 0 radical (unpaired) electrons. The standard InChI is InChI=1S/C25H34N2O3S/c1-3-5-15-27(16-6-4-2)23-11-12-24-21(19-23)9-10-22-20-26(17-13-25(22)24)14-7-8-18-31(28,29)30/h9-13,17,19-20H,3-8,14-16,18H2,1-2H3. The average Bonchev–Trinajstić information content (AvgIpc) is 2.75. The van der Waals surface area contributed by atoms with Crippen LogP contribution in [0.3, 0.4) is 0 Å². The van der Waals surface area contributed by atoms with Gasteiger partial charge in [-0.1, -0.05) is 38.8 Å². The third-order valence-electron chi connectivity index (χ3n) is 5.81. The summed E-state index contributed by atoms with van der Waals surface area (Å²) in [5, 5.41) is 4.88. The number of hydrogen-bond acceptors (Lipinski definition) is 4. The number of aryl methyl sites for hydroxylation is 1. The Kier molecular flexibility index (Phi) is 8.27. The first-order valence-electron chi connectivity index (χ1n) is 11.5. The van der Waals surface area contributed by atoms with Crippen LogP contribution in [0.1, 0.15) is 52.4 Å². The molecule has 1 aromatic heterocycles. The Labute approximate surface area is 186 Å². The molecule has 0 saturated heterocycles. The minimum atomic E-state index is -4.12. The predicted molar refractivity (Wildman–Crippen MR) is 127 cm³/mol. The molecule has 0 saturated carbocycles. The molecule has 0 aliphatic carbocycles. The van der Waals surface area contributed by atoms with Gasteiger partial charge >= 0.3 is 0 Å². The number of aromatic nitrogens is 1. The van der Waals surface area contributed by atoms with Gasteiger partial charge in [-0.15, -0.1) is 0 Å². The first-order chi connectivity index (χ1) is 14.9. The van der Waals surface area contributed by atoms with Crippen LogP contribution in [0.2, 0.25) is 0 Å². The van der Waals surface area contributed by atoms with E-state index in [0.29, 0.717) is 19.4 Å². The molecule has 0 unspecified atom stereocenters. The summed E-state index contributed by atoms with van der Waals surface area (Å²) < 4.78 is 34.3. The van der Waals surface area contributed by atoms with Crippen LogP contribution < -0.4 is 9.47 Å². The average molecular weight is 443 g/mol. The molecule has 0 N–H and O–H groups in total. The molecule has 0 aliphatic rings. The zero-order valence-electron chi connectivity index (χ0n) is 18.7. The monoisotopic (exact) mass is 442 g/mol. The van der Waals surface area contributed by atoms with E-state index in [-0.39, 0.29) is 5.75 Å². The fraction of sp³-hybridized carbons (Fsp3) is 0.480. The molecule has 6 heteroatoms. The number of anilines is 1. The maximum atomic E-state index is 10.7. The van der Waals surface area contributed by atoms with Gasteiger partial charge < -0.3 is 9.45 Å². The van der Waals surface area contributed by atoms with Crippen LogP contribution in [-0.4, -0.2) is 31.8 Å². The van der Waals surface area contributed by atoms with Crippen molar-refractivity contribution < 1.29 is 17.5 Å². The highest BCUT2D eigenvalue weighted by atomic mass is 32.2. The summed E-state index contributed by atoms with van der Waals surface area (Å²) in [6.07, 6.45) is 10.0. The van der Waals surface area contributed by atoms with Gasteiger partial charge in [0.15, 0.2) is 12.4 Å². The van der Waals surface area contributed by atoms with E-state index in [1.54, 1.807) is 0 Å².